The number of carbonyl (C=O) groups is 4. The molecular weight excluding hydrogens is 460 g/mol. The van der Waals surface area contributed by atoms with E-state index in [9.17, 15) is 19.2 Å². The first-order chi connectivity index (χ1) is 17.1. The molecule has 0 bridgehead atoms. The standard InChI is InChI=1S/C24H34N2O9/c27-21-7-8-22(28)26(21)35-23(29)9-11-31-13-15-33-16-14-32-12-10-25-24(30)34-17-20-18-5-3-1-2-4-6-19(18)20/h18-20H,3-17H2,(H,25,30)/t18-,19+,20?. The summed E-state index contributed by atoms with van der Waals surface area (Å²) in [6, 6.07) is 0. The molecule has 1 saturated heterocycles. The average molecular weight is 495 g/mol. The summed E-state index contributed by atoms with van der Waals surface area (Å²) in [6.45, 7) is 2.60. The van der Waals surface area contributed by atoms with Crippen LogP contribution in [0.15, 0.2) is 0 Å². The van der Waals surface area contributed by atoms with Crippen molar-refractivity contribution in [2.75, 3.05) is 52.8 Å². The smallest absolute Gasteiger partial charge is 0.407 e. The summed E-state index contributed by atoms with van der Waals surface area (Å²) in [5, 5.41) is 3.20. The summed E-state index contributed by atoms with van der Waals surface area (Å²) in [5.41, 5.74) is 0. The zero-order chi connectivity index (χ0) is 24.9. The van der Waals surface area contributed by atoms with Gasteiger partial charge in [-0.25, -0.2) is 9.59 Å². The first-order valence-electron chi connectivity index (χ1n) is 12.2. The van der Waals surface area contributed by atoms with Crippen molar-refractivity contribution in [3.8, 4) is 11.8 Å². The molecule has 11 heteroatoms. The predicted molar refractivity (Wildman–Crippen MR) is 120 cm³/mol. The number of nitrogens with zero attached hydrogens (tertiary/aromatic N) is 1. The molecule has 1 heterocycles. The maximum atomic E-state index is 11.8. The van der Waals surface area contributed by atoms with Gasteiger partial charge in [-0.05, 0) is 30.6 Å². The summed E-state index contributed by atoms with van der Waals surface area (Å²) >= 11 is 0. The average Bonchev–Trinajstić information content (AvgIpc) is 3.37. The number of nitrogens with one attached hydrogen (secondary N) is 1. The van der Waals surface area contributed by atoms with Gasteiger partial charge in [0, 0.05) is 32.2 Å². The molecule has 0 aromatic carbocycles. The third kappa shape index (κ3) is 9.47. The minimum Gasteiger partial charge on any atom is -0.449 e. The van der Waals surface area contributed by atoms with E-state index in [1.165, 1.54) is 0 Å². The molecule has 2 aliphatic carbocycles. The van der Waals surface area contributed by atoms with Crippen molar-refractivity contribution in [2.45, 2.75) is 44.9 Å². The van der Waals surface area contributed by atoms with Crippen LogP contribution in [0, 0.1) is 29.6 Å². The zero-order valence-corrected chi connectivity index (χ0v) is 20.0. The highest BCUT2D eigenvalue weighted by molar-refractivity contribution is 6.01. The van der Waals surface area contributed by atoms with Crippen LogP contribution in [0.1, 0.15) is 44.9 Å². The third-order valence-corrected chi connectivity index (χ3v) is 6.16. The molecule has 35 heavy (non-hydrogen) atoms. The van der Waals surface area contributed by atoms with Crippen molar-refractivity contribution in [3.05, 3.63) is 0 Å². The fraction of sp³-hybridized carbons (Fsp3) is 0.750. The van der Waals surface area contributed by atoms with E-state index in [2.05, 4.69) is 17.2 Å². The molecule has 3 aliphatic rings. The van der Waals surface area contributed by atoms with E-state index in [0.29, 0.717) is 62.4 Å². The van der Waals surface area contributed by atoms with Crippen LogP contribution in [0.5, 0.6) is 0 Å². The molecule has 3 rings (SSSR count). The molecule has 11 nitrogen and oxygen atoms in total. The van der Waals surface area contributed by atoms with Gasteiger partial charge in [0.05, 0.1) is 52.7 Å². The van der Waals surface area contributed by atoms with Crippen LogP contribution in [-0.2, 0) is 38.2 Å². The van der Waals surface area contributed by atoms with Crippen LogP contribution in [0.25, 0.3) is 0 Å². The van der Waals surface area contributed by atoms with Crippen molar-refractivity contribution < 1.29 is 43.0 Å². The minimum atomic E-state index is -0.702. The largest absolute Gasteiger partial charge is 0.449 e. The monoisotopic (exact) mass is 494 g/mol. The summed E-state index contributed by atoms with van der Waals surface area (Å²) < 4.78 is 21.4. The molecule has 0 aromatic heterocycles. The Morgan fingerprint density at radius 2 is 1.43 bits per heavy atom. The lowest BCUT2D eigenvalue weighted by Gasteiger charge is -2.12. The van der Waals surface area contributed by atoms with Crippen LogP contribution in [0.3, 0.4) is 0 Å². The van der Waals surface area contributed by atoms with Crippen molar-refractivity contribution in [3.63, 3.8) is 0 Å². The second kappa shape index (κ2) is 14.7. The van der Waals surface area contributed by atoms with Gasteiger partial charge in [0.2, 0.25) is 0 Å². The fourth-order valence-corrected chi connectivity index (χ4v) is 4.23. The summed E-state index contributed by atoms with van der Waals surface area (Å²) in [7, 11) is 0. The van der Waals surface area contributed by atoms with Gasteiger partial charge in [-0.2, -0.15) is 0 Å². The summed E-state index contributed by atoms with van der Waals surface area (Å²) in [5.74, 6) is 6.41. The molecule has 1 N–H and O–H groups in total. The Morgan fingerprint density at radius 3 is 2.06 bits per heavy atom. The third-order valence-electron chi connectivity index (χ3n) is 6.16. The van der Waals surface area contributed by atoms with E-state index in [1.807, 2.05) is 0 Å². The first-order valence-corrected chi connectivity index (χ1v) is 12.2. The second-order valence-corrected chi connectivity index (χ2v) is 8.58. The van der Waals surface area contributed by atoms with E-state index < -0.39 is 23.9 Å². The number of fused-ring (bicyclic) bond motifs is 1. The Morgan fingerprint density at radius 1 is 0.857 bits per heavy atom. The lowest BCUT2D eigenvalue weighted by molar-refractivity contribution is -0.198. The molecule has 0 spiro atoms. The fourth-order valence-electron chi connectivity index (χ4n) is 4.23. The number of hydrogen-bond acceptors (Lipinski definition) is 9. The number of ether oxygens (including phenoxy) is 4. The first kappa shape index (κ1) is 26.9. The van der Waals surface area contributed by atoms with Gasteiger partial charge in [-0.3, -0.25) is 9.59 Å². The lowest BCUT2D eigenvalue weighted by atomic mass is 10.1. The van der Waals surface area contributed by atoms with Crippen molar-refractivity contribution >= 4 is 23.9 Å². The molecule has 194 valence electrons. The van der Waals surface area contributed by atoms with Crippen LogP contribution in [0.4, 0.5) is 4.79 Å². The predicted octanol–water partition coefficient (Wildman–Crippen LogP) is 1.20. The zero-order valence-electron chi connectivity index (χ0n) is 20.0. The molecule has 0 radical (unpaired) electrons. The normalized spacial score (nSPS) is 23.0. The van der Waals surface area contributed by atoms with Gasteiger partial charge in [0.1, 0.15) is 0 Å². The quantitative estimate of drug-likeness (QED) is 0.203. The number of rotatable bonds is 15. The van der Waals surface area contributed by atoms with Gasteiger partial charge in [-0.15, -0.1) is 16.9 Å². The van der Waals surface area contributed by atoms with Crippen molar-refractivity contribution in [2.24, 2.45) is 17.8 Å². The Kier molecular flexibility index (Phi) is 11.3. The van der Waals surface area contributed by atoms with Crippen molar-refractivity contribution in [1.29, 1.82) is 0 Å². The van der Waals surface area contributed by atoms with Crippen LogP contribution < -0.4 is 5.32 Å². The van der Waals surface area contributed by atoms with Crippen LogP contribution in [-0.4, -0.2) is 81.7 Å². The summed E-state index contributed by atoms with van der Waals surface area (Å²) in [4.78, 5) is 50.9. The Hall–Kier alpha value is -2.68. The number of alkyl carbamates (subject to hydrolysis) is 1. The molecule has 1 unspecified atom stereocenters. The van der Waals surface area contributed by atoms with E-state index >= 15 is 0 Å². The Balaban J connectivity index is 1.05. The molecule has 1 aliphatic heterocycles. The Bertz CT molecular complexity index is 773. The molecule has 1 saturated carbocycles. The molecule has 3 atom stereocenters. The van der Waals surface area contributed by atoms with E-state index in [1.54, 1.807) is 0 Å². The van der Waals surface area contributed by atoms with Gasteiger partial charge >= 0.3 is 12.1 Å². The highest BCUT2D eigenvalue weighted by atomic mass is 16.7. The van der Waals surface area contributed by atoms with Crippen LogP contribution >= 0.6 is 0 Å². The van der Waals surface area contributed by atoms with Gasteiger partial charge in [0.15, 0.2) is 0 Å². The highest BCUT2D eigenvalue weighted by Gasteiger charge is 2.49. The topological polar surface area (TPSA) is 130 Å². The number of hydroxylamine groups is 2. The lowest BCUT2D eigenvalue weighted by Crippen LogP contribution is -2.32. The minimum absolute atomic E-state index is 0.0601. The summed E-state index contributed by atoms with van der Waals surface area (Å²) in [6.07, 6.45) is 3.73. The maximum Gasteiger partial charge on any atom is 0.407 e. The number of carbonyl (C=O) groups excluding carboxylic acids is 4. The van der Waals surface area contributed by atoms with Gasteiger partial charge in [-0.1, -0.05) is 0 Å². The van der Waals surface area contributed by atoms with Gasteiger partial charge in [0.25, 0.3) is 11.8 Å². The number of hydrogen-bond donors (Lipinski definition) is 1. The molecule has 3 amide bonds. The Labute approximate surface area is 205 Å². The van der Waals surface area contributed by atoms with E-state index in [4.69, 9.17) is 23.8 Å². The maximum absolute atomic E-state index is 11.8. The number of amides is 3. The highest BCUT2D eigenvalue weighted by Crippen LogP contribution is 2.52. The SMILES string of the molecule is O=C(CCOCCOCCOCCNC(=O)OCC1[C@H]2CCC#CCC[C@@H]12)ON1C(=O)CCC1=O. The molecule has 2 fully saturated rings. The molecular formula is C24H34N2O9. The second-order valence-electron chi connectivity index (χ2n) is 8.58. The van der Waals surface area contributed by atoms with E-state index in [0.717, 1.165) is 25.7 Å². The number of imide groups is 1. The molecule has 0 aromatic rings. The van der Waals surface area contributed by atoms with Crippen molar-refractivity contribution in [1.82, 2.24) is 10.4 Å². The van der Waals surface area contributed by atoms with Gasteiger partial charge < -0.3 is 29.1 Å². The van der Waals surface area contributed by atoms with Crippen LogP contribution in [0.2, 0.25) is 0 Å². The van der Waals surface area contributed by atoms with E-state index in [-0.39, 0.29) is 32.5 Å².